The third-order valence-corrected chi connectivity index (χ3v) is 5.03. The summed E-state index contributed by atoms with van der Waals surface area (Å²) in [6.07, 6.45) is 2.63. The van der Waals surface area contributed by atoms with E-state index in [-0.39, 0.29) is 16.3 Å². The van der Waals surface area contributed by atoms with Gasteiger partial charge in [-0.25, -0.2) is 8.42 Å². The zero-order valence-corrected chi connectivity index (χ0v) is 14.5. The first-order valence-electron chi connectivity index (χ1n) is 7.70. The molecular weight excluding hydrogens is 328 g/mol. The average molecular weight is 348 g/mol. The van der Waals surface area contributed by atoms with Gasteiger partial charge in [-0.05, 0) is 43.5 Å². The van der Waals surface area contributed by atoms with Crippen molar-refractivity contribution >= 4 is 21.4 Å². The molecule has 2 rings (SSSR count). The maximum absolute atomic E-state index is 12.4. The van der Waals surface area contributed by atoms with Crippen molar-refractivity contribution in [2.75, 3.05) is 4.72 Å². The molecule has 0 unspecified atom stereocenters. The van der Waals surface area contributed by atoms with E-state index in [0.29, 0.717) is 0 Å². The normalized spacial score (nSPS) is 11.2. The number of nitro benzene ring substituents is 1. The topological polar surface area (TPSA) is 89.3 Å². The predicted octanol–water partition coefficient (Wildman–Crippen LogP) is 4.05. The summed E-state index contributed by atoms with van der Waals surface area (Å²) >= 11 is 0. The Morgan fingerprint density at radius 1 is 1.12 bits per heavy atom. The number of unbranched alkanes of at least 4 members (excludes halogenated alkanes) is 1. The minimum Gasteiger partial charge on any atom is -0.273 e. The quantitative estimate of drug-likeness (QED) is 0.604. The van der Waals surface area contributed by atoms with Crippen molar-refractivity contribution in [3.05, 3.63) is 63.7 Å². The molecule has 6 nitrogen and oxygen atoms in total. The summed E-state index contributed by atoms with van der Waals surface area (Å²) in [5.41, 5.74) is 1.49. The SMILES string of the molecule is CCCCc1ccc(NS(=O)(=O)c2ccc(C)cc2)c([N+](=O)[O-])c1. The Hall–Kier alpha value is -2.41. The van der Waals surface area contributed by atoms with E-state index in [9.17, 15) is 18.5 Å². The highest BCUT2D eigenvalue weighted by Crippen LogP contribution is 2.28. The number of hydrogen-bond acceptors (Lipinski definition) is 4. The van der Waals surface area contributed by atoms with Crippen LogP contribution < -0.4 is 4.72 Å². The van der Waals surface area contributed by atoms with E-state index in [1.165, 1.54) is 24.3 Å². The van der Waals surface area contributed by atoms with E-state index in [4.69, 9.17) is 0 Å². The molecule has 0 atom stereocenters. The average Bonchev–Trinajstić information content (AvgIpc) is 2.53. The molecule has 0 bridgehead atoms. The Morgan fingerprint density at radius 3 is 2.38 bits per heavy atom. The van der Waals surface area contributed by atoms with Gasteiger partial charge in [-0.2, -0.15) is 0 Å². The summed E-state index contributed by atoms with van der Waals surface area (Å²) in [6.45, 7) is 3.89. The van der Waals surface area contributed by atoms with Gasteiger partial charge in [0.25, 0.3) is 15.7 Å². The van der Waals surface area contributed by atoms with Crippen molar-refractivity contribution in [2.45, 2.75) is 38.0 Å². The highest BCUT2D eigenvalue weighted by molar-refractivity contribution is 7.92. The number of hydrogen-bond donors (Lipinski definition) is 1. The lowest BCUT2D eigenvalue weighted by molar-refractivity contribution is -0.383. The van der Waals surface area contributed by atoms with E-state index in [1.807, 2.05) is 13.8 Å². The molecule has 0 aromatic heterocycles. The highest BCUT2D eigenvalue weighted by Gasteiger charge is 2.21. The summed E-state index contributed by atoms with van der Waals surface area (Å²) in [6, 6.07) is 10.9. The number of anilines is 1. The molecule has 0 saturated carbocycles. The molecule has 0 aliphatic carbocycles. The monoisotopic (exact) mass is 348 g/mol. The van der Waals surface area contributed by atoms with Crippen LogP contribution >= 0.6 is 0 Å². The second-order valence-electron chi connectivity index (χ2n) is 5.63. The molecule has 0 fully saturated rings. The van der Waals surface area contributed by atoms with Crippen molar-refractivity contribution in [1.29, 1.82) is 0 Å². The number of rotatable bonds is 7. The third-order valence-electron chi connectivity index (χ3n) is 3.65. The number of nitrogens with zero attached hydrogens (tertiary/aromatic N) is 1. The fraction of sp³-hybridized carbons (Fsp3) is 0.294. The zero-order chi connectivity index (χ0) is 17.7. The first-order valence-corrected chi connectivity index (χ1v) is 9.18. The Bertz CT molecular complexity index is 830. The van der Waals surface area contributed by atoms with Gasteiger partial charge < -0.3 is 0 Å². The van der Waals surface area contributed by atoms with Gasteiger partial charge in [-0.3, -0.25) is 14.8 Å². The Labute approximate surface area is 141 Å². The number of benzene rings is 2. The Balaban J connectivity index is 2.34. The van der Waals surface area contributed by atoms with Gasteiger partial charge in [0.15, 0.2) is 0 Å². The van der Waals surface area contributed by atoms with E-state index < -0.39 is 14.9 Å². The molecule has 0 saturated heterocycles. The summed E-state index contributed by atoms with van der Waals surface area (Å²) in [5, 5.41) is 11.3. The van der Waals surface area contributed by atoms with Gasteiger partial charge in [-0.15, -0.1) is 0 Å². The van der Waals surface area contributed by atoms with Crippen molar-refractivity contribution in [3.63, 3.8) is 0 Å². The lowest BCUT2D eigenvalue weighted by atomic mass is 10.1. The number of sulfonamides is 1. The standard InChI is InChI=1S/C17H20N2O4S/c1-3-4-5-14-8-11-16(17(12-14)19(20)21)18-24(22,23)15-9-6-13(2)7-10-15/h6-12,18H,3-5H2,1-2H3. The maximum atomic E-state index is 12.4. The summed E-state index contributed by atoms with van der Waals surface area (Å²) in [5.74, 6) is 0. The molecule has 0 aliphatic heterocycles. The van der Waals surface area contributed by atoms with Crippen LogP contribution in [0.5, 0.6) is 0 Å². The number of nitro groups is 1. The molecule has 0 heterocycles. The van der Waals surface area contributed by atoms with Crippen molar-refractivity contribution in [1.82, 2.24) is 0 Å². The molecule has 7 heteroatoms. The van der Waals surface area contributed by atoms with E-state index >= 15 is 0 Å². The van der Waals surface area contributed by atoms with Crippen molar-refractivity contribution in [2.24, 2.45) is 0 Å². The van der Waals surface area contributed by atoms with Crippen LogP contribution in [0.15, 0.2) is 47.4 Å². The molecule has 0 amide bonds. The minimum absolute atomic E-state index is 0.0270. The molecule has 0 radical (unpaired) electrons. The largest absolute Gasteiger partial charge is 0.293 e. The number of aryl methyl sites for hydroxylation is 2. The summed E-state index contributed by atoms with van der Waals surface area (Å²) < 4.78 is 27.1. The van der Waals surface area contributed by atoms with E-state index in [2.05, 4.69) is 4.72 Å². The molecule has 128 valence electrons. The molecule has 1 N–H and O–H groups in total. The molecule has 2 aromatic rings. The van der Waals surface area contributed by atoms with Gasteiger partial charge in [0.1, 0.15) is 5.69 Å². The lowest BCUT2D eigenvalue weighted by Crippen LogP contribution is -2.14. The van der Waals surface area contributed by atoms with Crippen molar-refractivity contribution < 1.29 is 13.3 Å². The van der Waals surface area contributed by atoms with Crippen LogP contribution in [0, 0.1) is 17.0 Å². The van der Waals surface area contributed by atoms with Gasteiger partial charge >= 0.3 is 0 Å². The molecule has 0 aliphatic rings. The third kappa shape index (κ3) is 4.32. The van der Waals surface area contributed by atoms with Crippen LogP contribution in [0.3, 0.4) is 0 Å². The zero-order valence-electron chi connectivity index (χ0n) is 13.7. The van der Waals surface area contributed by atoms with Crippen LogP contribution in [0.2, 0.25) is 0 Å². The molecule has 2 aromatic carbocycles. The van der Waals surface area contributed by atoms with Crippen molar-refractivity contribution in [3.8, 4) is 0 Å². The van der Waals surface area contributed by atoms with Gasteiger partial charge in [0.05, 0.1) is 9.82 Å². The molecule has 0 spiro atoms. The minimum atomic E-state index is -3.87. The summed E-state index contributed by atoms with van der Waals surface area (Å²) in [4.78, 5) is 10.8. The van der Waals surface area contributed by atoms with Gasteiger partial charge in [0.2, 0.25) is 0 Å². The smallest absolute Gasteiger partial charge is 0.273 e. The Kier molecular flexibility index (Phi) is 5.56. The van der Waals surface area contributed by atoms with Gasteiger partial charge in [0, 0.05) is 6.07 Å². The first kappa shape index (κ1) is 17.9. The predicted molar refractivity (Wildman–Crippen MR) is 93.7 cm³/mol. The van der Waals surface area contributed by atoms with E-state index in [1.54, 1.807) is 18.2 Å². The maximum Gasteiger partial charge on any atom is 0.293 e. The van der Waals surface area contributed by atoms with Gasteiger partial charge in [-0.1, -0.05) is 37.1 Å². The second-order valence-corrected chi connectivity index (χ2v) is 7.31. The summed E-state index contributed by atoms with van der Waals surface area (Å²) in [7, 11) is -3.87. The molecular formula is C17H20N2O4S. The van der Waals surface area contributed by atoms with Crippen LogP contribution in [-0.4, -0.2) is 13.3 Å². The highest BCUT2D eigenvalue weighted by atomic mass is 32.2. The van der Waals surface area contributed by atoms with Crippen LogP contribution in [0.4, 0.5) is 11.4 Å². The van der Waals surface area contributed by atoms with Crippen LogP contribution in [-0.2, 0) is 16.4 Å². The lowest BCUT2D eigenvalue weighted by Gasteiger charge is -2.10. The van der Waals surface area contributed by atoms with Crippen LogP contribution in [0.1, 0.15) is 30.9 Å². The second kappa shape index (κ2) is 7.44. The van der Waals surface area contributed by atoms with Crippen LogP contribution in [0.25, 0.3) is 0 Å². The van der Waals surface area contributed by atoms with E-state index in [0.717, 1.165) is 30.4 Å². The Morgan fingerprint density at radius 2 is 1.79 bits per heavy atom. The fourth-order valence-electron chi connectivity index (χ4n) is 2.27. The molecule has 24 heavy (non-hydrogen) atoms. The first-order chi connectivity index (χ1) is 11.3. The number of nitrogens with one attached hydrogen (secondary N) is 1. The fourth-order valence-corrected chi connectivity index (χ4v) is 3.35.